The second-order valence-corrected chi connectivity index (χ2v) is 7.73. The standard InChI is InChI=1S/C19H17ClN4O3S/c20-16-8-4-3-7-15(16)18-21-22-19(23(18)13-5-1-2-6-13)28-12-11-14-9-10-17(27-14)24(25)26/h3-4,7-13H,1-2,5-6H2/b12-11+. The molecular formula is C19H17ClN4O3S. The first-order valence-electron chi connectivity index (χ1n) is 8.90. The molecule has 1 fully saturated rings. The number of halogens is 1. The van der Waals surface area contributed by atoms with Crippen LogP contribution >= 0.6 is 23.4 Å². The third-order valence-electron chi connectivity index (χ3n) is 4.67. The van der Waals surface area contributed by atoms with E-state index >= 15 is 0 Å². The van der Waals surface area contributed by atoms with Crippen LogP contribution in [0.2, 0.25) is 5.02 Å². The highest BCUT2D eigenvalue weighted by atomic mass is 35.5. The summed E-state index contributed by atoms with van der Waals surface area (Å²) in [4.78, 5) is 10.2. The number of hydrogen-bond donors (Lipinski definition) is 0. The van der Waals surface area contributed by atoms with Crippen LogP contribution in [0.5, 0.6) is 0 Å². The average molecular weight is 417 g/mol. The van der Waals surface area contributed by atoms with E-state index in [4.69, 9.17) is 16.0 Å². The van der Waals surface area contributed by atoms with Gasteiger partial charge in [0.05, 0.1) is 11.1 Å². The number of thioether (sulfide) groups is 1. The molecule has 7 nitrogen and oxygen atoms in total. The van der Waals surface area contributed by atoms with Gasteiger partial charge in [-0.1, -0.05) is 48.3 Å². The van der Waals surface area contributed by atoms with Gasteiger partial charge >= 0.3 is 5.88 Å². The molecule has 0 N–H and O–H groups in total. The normalized spacial score (nSPS) is 14.9. The second kappa shape index (κ2) is 8.20. The van der Waals surface area contributed by atoms with E-state index in [1.807, 2.05) is 24.3 Å². The van der Waals surface area contributed by atoms with Gasteiger partial charge in [0.1, 0.15) is 10.7 Å². The summed E-state index contributed by atoms with van der Waals surface area (Å²) in [7, 11) is 0. The lowest BCUT2D eigenvalue weighted by atomic mass is 10.2. The molecule has 0 spiro atoms. The minimum atomic E-state index is -0.558. The van der Waals surface area contributed by atoms with Gasteiger partial charge in [0.2, 0.25) is 0 Å². The zero-order valence-corrected chi connectivity index (χ0v) is 16.4. The van der Waals surface area contributed by atoms with Crippen LogP contribution in [0.3, 0.4) is 0 Å². The fourth-order valence-corrected chi connectivity index (χ4v) is 4.35. The Kier molecular flexibility index (Phi) is 5.50. The maximum atomic E-state index is 10.7. The molecule has 1 aliphatic carbocycles. The minimum Gasteiger partial charge on any atom is -0.401 e. The number of aromatic nitrogens is 3. The van der Waals surface area contributed by atoms with Crippen molar-refractivity contribution in [1.82, 2.24) is 14.8 Å². The molecule has 0 aliphatic heterocycles. The summed E-state index contributed by atoms with van der Waals surface area (Å²) in [6.07, 6.45) is 6.20. The zero-order valence-electron chi connectivity index (χ0n) is 14.8. The molecule has 0 bridgehead atoms. The van der Waals surface area contributed by atoms with E-state index in [-0.39, 0.29) is 5.88 Å². The van der Waals surface area contributed by atoms with Crippen LogP contribution in [-0.2, 0) is 0 Å². The second-order valence-electron chi connectivity index (χ2n) is 6.45. The summed E-state index contributed by atoms with van der Waals surface area (Å²) >= 11 is 7.79. The van der Waals surface area contributed by atoms with Gasteiger partial charge in [-0.3, -0.25) is 14.7 Å². The number of nitrogens with zero attached hydrogens (tertiary/aromatic N) is 4. The molecule has 9 heteroatoms. The van der Waals surface area contributed by atoms with Crippen LogP contribution in [0.1, 0.15) is 37.5 Å². The highest BCUT2D eigenvalue weighted by Crippen LogP contribution is 2.38. The molecule has 0 amide bonds. The number of nitro groups is 1. The van der Waals surface area contributed by atoms with Crippen LogP contribution in [-0.4, -0.2) is 19.7 Å². The molecule has 2 heterocycles. The smallest absolute Gasteiger partial charge is 0.401 e. The van der Waals surface area contributed by atoms with Gasteiger partial charge < -0.3 is 4.42 Å². The SMILES string of the molecule is O=[N+]([O-])c1ccc(/C=C/Sc2nnc(-c3ccccc3Cl)n2C2CCCC2)o1. The van der Waals surface area contributed by atoms with Gasteiger partial charge in [-0.15, -0.1) is 10.2 Å². The lowest BCUT2D eigenvalue weighted by Crippen LogP contribution is -2.08. The third kappa shape index (κ3) is 3.83. The molecule has 4 rings (SSSR count). The van der Waals surface area contributed by atoms with E-state index < -0.39 is 4.92 Å². The monoisotopic (exact) mass is 416 g/mol. The van der Waals surface area contributed by atoms with Crippen molar-refractivity contribution < 1.29 is 9.34 Å². The molecule has 1 aromatic carbocycles. The van der Waals surface area contributed by atoms with Crippen molar-refractivity contribution in [3.63, 3.8) is 0 Å². The Hall–Kier alpha value is -2.58. The van der Waals surface area contributed by atoms with Gasteiger partial charge in [-0.2, -0.15) is 0 Å². The van der Waals surface area contributed by atoms with E-state index in [1.165, 1.54) is 30.7 Å². The molecule has 3 aromatic rings. The molecule has 1 saturated carbocycles. The fourth-order valence-electron chi connectivity index (χ4n) is 3.37. The maximum Gasteiger partial charge on any atom is 0.433 e. The molecule has 0 unspecified atom stereocenters. The lowest BCUT2D eigenvalue weighted by molar-refractivity contribution is -0.402. The van der Waals surface area contributed by atoms with Crippen LogP contribution in [0, 0.1) is 10.1 Å². The topological polar surface area (TPSA) is 87.0 Å². The van der Waals surface area contributed by atoms with Crippen molar-refractivity contribution >= 4 is 35.3 Å². The highest BCUT2D eigenvalue weighted by molar-refractivity contribution is 8.02. The van der Waals surface area contributed by atoms with Crippen molar-refractivity contribution in [1.29, 1.82) is 0 Å². The minimum absolute atomic E-state index is 0.278. The summed E-state index contributed by atoms with van der Waals surface area (Å²) < 4.78 is 7.30. The number of hydrogen-bond acceptors (Lipinski definition) is 6. The van der Waals surface area contributed by atoms with Crippen LogP contribution in [0.4, 0.5) is 5.88 Å². The molecular weight excluding hydrogens is 400 g/mol. The average Bonchev–Trinajstić information content (AvgIpc) is 3.43. The molecule has 28 heavy (non-hydrogen) atoms. The third-order valence-corrected chi connectivity index (χ3v) is 5.76. The lowest BCUT2D eigenvalue weighted by Gasteiger charge is -2.16. The van der Waals surface area contributed by atoms with Crippen LogP contribution in [0.25, 0.3) is 17.5 Å². The quantitative estimate of drug-likeness (QED) is 0.279. The van der Waals surface area contributed by atoms with E-state index in [0.717, 1.165) is 29.4 Å². The summed E-state index contributed by atoms with van der Waals surface area (Å²) in [5.41, 5.74) is 0.862. The van der Waals surface area contributed by atoms with Crippen molar-refractivity contribution in [2.24, 2.45) is 0 Å². The Labute approximate surface area is 170 Å². The molecule has 2 aromatic heterocycles. The zero-order chi connectivity index (χ0) is 19.5. The van der Waals surface area contributed by atoms with E-state index in [0.29, 0.717) is 16.8 Å². The molecule has 0 atom stereocenters. The van der Waals surface area contributed by atoms with E-state index in [9.17, 15) is 10.1 Å². The van der Waals surface area contributed by atoms with Crippen molar-refractivity contribution in [2.45, 2.75) is 36.9 Å². The van der Waals surface area contributed by atoms with Crippen LogP contribution < -0.4 is 0 Å². The Morgan fingerprint density at radius 2 is 2.00 bits per heavy atom. The van der Waals surface area contributed by atoms with Crippen molar-refractivity contribution in [3.8, 4) is 11.4 Å². The largest absolute Gasteiger partial charge is 0.433 e. The van der Waals surface area contributed by atoms with Crippen LogP contribution in [0.15, 0.2) is 51.4 Å². The number of benzene rings is 1. The first kappa shape index (κ1) is 18.8. The van der Waals surface area contributed by atoms with Crippen molar-refractivity contribution in [3.05, 3.63) is 62.7 Å². The summed E-state index contributed by atoms with van der Waals surface area (Å²) in [5.74, 6) is 0.902. The van der Waals surface area contributed by atoms with Gasteiger partial charge in [-0.05, 0) is 42.5 Å². The fraction of sp³-hybridized carbons (Fsp3) is 0.263. The molecule has 144 valence electrons. The Morgan fingerprint density at radius 1 is 1.21 bits per heavy atom. The van der Waals surface area contributed by atoms with Gasteiger partial charge in [0.25, 0.3) is 0 Å². The summed E-state index contributed by atoms with van der Waals surface area (Å²) in [6.45, 7) is 0. The van der Waals surface area contributed by atoms with Gasteiger partial charge in [0.15, 0.2) is 11.0 Å². The molecule has 1 aliphatic rings. The predicted octanol–water partition coefficient (Wildman–Crippen LogP) is 5.98. The van der Waals surface area contributed by atoms with Crippen molar-refractivity contribution in [2.75, 3.05) is 0 Å². The highest BCUT2D eigenvalue weighted by Gasteiger charge is 2.25. The molecule has 0 saturated heterocycles. The van der Waals surface area contributed by atoms with E-state index in [2.05, 4.69) is 14.8 Å². The summed E-state index contributed by atoms with van der Waals surface area (Å²) in [6, 6.07) is 10.9. The number of rotatable bonds is 6. The molecule has 0 radical (unpaired) electrons. The Bertz CT molecular complexity index is 1020. The number of furan rings is 1. The predicted molar refractivity (Wildman–Crippen MR) is 108 cm³/mol. The summed E-state index contributed by atoms with van der Waals surface area (Å²) in [5, 5.41) is 22.7. The van der Waals surface area contributed by atoms with Gasteiger partial charge in [-0.25, -0.2) is 0 Å². The Balaban J connectivity index is 1.62. The first-order chi connectivity index (χ1) is 13.6. The Morgan fingerprint density at radius 3 is 2.71 bits per heavy atom. The first-order valence-corrected chi connectivity index (χ1v) is 10.2. The van der Waals surface area contributed by atoms with Gasteiger partial charge in [0, 0.05) is 11.6 Å². The maximum absolute atomic E-state index is 10.7. The van der Waals surface area contributed by atoms with E-state index in [1.54, 1.807) is 17.6 Å².